The van der Waals surface area contributed by atoms with Crippen molar-refractivity contribution in [1.82, 2.24) is 0 Å². The normalized spacial score (nSPS) is 13.8. The molecule has 0 aliphatic carbocycles. The number of fused-ring (bicyclic) bond motifs is 1. The molecule has 1 heteroatoms. The van der Waals surface area contributed by atoms with Gasteiger partial charge in [0.05, 0.1) is 7.11 Å². The molecule has 0 aromatic heterocycles. The first-order chi connectivity index (χ1) is 10.7. The Kier molecular flexibility index (Phi) is 3.89. The second-order valence-electron chi connectivity index (χ2n) is 5.98. The van der Waals surface area contributed by atoms with Gasteiger partial charge in [0.2, 0.25) is 0 Å². The molecule has 0 aliphatic heterocycles. The van der Waals surface area contributed by atoms with Crippen LogP contribution in [0.1, 0.15) is 31.4 Å². The van der Waals surface area contributed by atoms with Crippen molar-refractivity contribution in [2.24, 2.45) is 0 Å². The van der Waals surface area contributed by atoms with Gasteiger partial charge in [0.1, 0.15) is 5.75 Å². The average molecular weight is 290 g/mol. The van der Waals surface area contributed by atoms with E-state index in [2.05, 4.69) is 74.5 Å². The van der Waals surface area contributed by atoms with Crippen LogP contribution < -0.4 is 4.74 Å². The summed E-state index contributed by atoms with van der Waals surface area (Å²) in [5, 5.41) is 2.58. The summed E-state index contributed by atoms with van der Waals surface area (Å²) in [4.78, 5) is 0. The Morgan fingerprint density at radius 1 is 0.818 bits per heavy atom. The highest BCUT2D eigenvalue weighted by Gasteiger charge is 2.27. The molecule has 1 nitrogen and oxygen atoms in total. The van der Waals surface area contributed by atoms with Crippen LogP contribution in [-0.4, -0.2) is 7.11 Å². The lowest BCUT2D eigenvalue weighted by atomic mass is 9.74. The summed E-state index contributed by atoms with van der Waals surface area (Å²) in [6.07, 6.45) is 1.04. The number of ether oxygens (including phenoxy) is 1. The van der Waals surface area contributed by atoms with Gasteiger partial charge in [-0.15, -0.1) is 0 Å². The minimum absolute atomic E-state index is 0.0153. The molecular formula is C21H22O. The molecule has 3 rings (SSSR count). The summed E-state index contributed by atoms with van der Waals surface area (Å²) < 4.78 is 5.40. The van der Waals surface area contributed by atoms with E-state index in [0.29, 0.717) is 0 Å². The van der Waals surface area contributed by atoms with E-state index in [-0.39, 0.29) is 5.41 Å². The van der Waals surface area contributed by atoms with Gasteiger partial charge in [-0.2, -0.15) is 0 Å². The van der Waals surface area contributed by atoms with Crippen molar-refractivity contribution in [3.63, 3.8) is 0 Å². The zero-order chi connectivity index (χ0) is 15.6. The van der Waals surface area contributed by atoms with Gasteiger partial charge in [0.25, 0.3) is 0 Å². The molecule has 1 atom stereocenters. The Morgan fingerprint density at radius 2 is 1.55 bits per heavy atom. The molecule has 0 unspecified atom stereocenters. The maximum absolute atomic E-state index is 5.40. The van der Waals surface area contributed by atoms with Crippen molar-refractivity contribution >= 4 is 10.8 Å². The second-order valence-corrected chi connectivity index (χ2v) is 5.98. The van der Waals surface area contributed by atoms with Crippen molar-refractivity contribution in [2.45, 2.75) is 25.7 Å². The molecule has 0 heterocycles. The Bertz CT molecular complexity index is 791. The van der Waals surface area contributed by atoms with E-state index in [9.17, 15) is 0 Å². The highest BCUT2D eigenvalue weighted by atomic mass is 16.5. The van der Waals surface area contributed by atoms with E-state index in [4.69, 9.17) is 4.74 Å². The molecule has 3 aromatic rings. The topological polar surface area (TPSA) is 9.23 Å². The molecule has 0 bridgehead atoms. The smallest absolute Gasteiger partial charge is 0.119 e. The fraction of sp³-hybridized carbons (Fsp3) is 0.238. The molecule has 22 heavy (non-hydrogen) atoms. The van der Waals surface area contributed by atoms with Gasteiger partial charge in [-0.25, -0.2) is 0 Å². The van der Waals surface area contributed by atoms with E-state index in [1.54, 1.807) is 7.11 Å². The maximum Gasteiger partial charge on any atom is 0.119 e. The maximum atomic E-state index is 5.40. The van der Waals surface area contributed by atoms with Crippen molar-refractivity contribution in [2.75, 3.05) is 7.11 Å². The first kappa shape index (κ1) is 14.6. The van der Waals surface area contributed by atoms with Crippen molar-refractivity contribution in [1.29, 1.82) is 0 Å². The minimum atomic E-state index is -0.0153. The molecule has 0 fully saturated rings. The van der Waals surface area contributed by atoms with Crippen LogP contribution in [0.5, 0.6) is 5.75 Å². The molecule has 0 saturated carbocycles. The number of hydrogen-bond acceptors (Lipinski definition) is 1. The summed E-state index contributed by atoms with van der Waals surface area (Å²) >= 11 is 0. The minimum Gasteiger partial charge on any atom is -0.497 e. The first-order valence-electron chi connectivity index (χ1n) is 7.81. The molecule has 0 radical (unpaired) electrons. The van der Waals surface area contributed by atoms with E-state index < -0.39 is 0 Å². The fourth-order valence-corrected chi connectivity index (χ4v) is 3.07. The lowest BCUT2D eigenvalue weighted by Crippen LogP contribution is -2.22. The number of rotatable bonds is 4. The van der Waals surface area contributed by atoms with Crippen LogP contribution in [0.4, 0.5) is 0 Å². The molecule has 0 saturated heterocycles. The number of hydrogen-bond donors (Lipinski definition) is 0. The van der Waals surface area contributed by atoms with Crippen molar-refractivity contribution in [3.05, 3.63) is 77.9 Å². The van der Waals surface area contributed by atoms with E-state index in [1.165, 1.54) is 21.9 Å². The van der Waals surface area contributed by atoms with Gasteiger partial charge < -0.3 is 4.74 Å². The number of benzene rings is 3. The monoisotopic (exact) mass is 290 g/mol. The van der Waals surface area contributed by atoms with Crippen LogP contribution >= 0.6 is 0 Å². The van der Waals surface area contributed by atoms with E-state index >= 15 is 0 Å². The van der Waals surface area contributed by atoms with Crippen molar-refractivity contribution < 1.29 is 4.74 Å². The van der Waals surface area contributed by atoms with Crippen LogP contribution in [0, 0.1) is 0 Å². The van der Waals surface area contributed by atoms with Crippen molar-refractivity contribution in [3.8, 4) is 5.75 Å². The van der Waals surface area contributed by atoms with Gasteiger partial charge in [0, 0.05) is 5.41 Å². The third kappa shape index (κ3) is 2.48. The third-order valence-electron chi connectivity index (χ3n) is 4.80. The Labute approximate surface area is 132 Å². The molecular weight excluding hydrogens is 268 g/mol. The molecule has 0 amide bonds. The van der Waals surface area contributed by atoms with Gasteiger partial charge in [-0.3, -0.25) is 0 Å². The Hall–Kier alpha value is -2.28. The van der Waals surface area contributed by atoms with Crippen LogP contribution in [0.25, 0.3) is 10.8 Å². The van der Waals surface area contributed by atoms with Crippen LogP contribution in [0.2, 0.25) is 0 Å². The van der Waals surface area contributed by atoms with Gasteiger partial charge in [-0.05, 0) is 40.5 Å². The standard InChI is InChI=1S/C21H22O/c1-4-21(2,18-10-7-11-20(15-18)22-3)19-13-12-16-8-5-6-9-17(16)14-19/h5-15H,4H2,1-3H3/t21-/m1/s1. The predicted octanol–water partition coefficient (Wildman–Crippen LogP) is 5.56. The quantitative estimate of drug-likeness (QED) is 0.611. The van der Waals surface area contributed by atoms with Gasteiger partial charge in [-0.1, -0.05) is 68.4 Å². The lowest BCUT2D eigenvalue weighted by Gasteiger charge is -2.30. The second kappa shape index (κ2) is 5.84. The summed E-state index contributed by atoms with van der Waals surface area (Å²) in [5.74, 6) is 0.915. The highest BCUT2D eigenvalue weighted by Crippen LogP contribution is 2.37. The third-order valence-corrected chi connectivity index (χ3v) is 4.80. The first-order valence-corrected chi connectivity index (χ1v) is 7.81. The van der Waals surface area contributed by atoms with Crippen LogP contribution in [0.3, 0.4) is 0 Å². The van der Waals surface area contributed by atoms with Crippen LogP contribution in [0.15, 0.2) is 66.7 Å². The van der Waals surface area contributed by atoms with E-state index in [0.717, 1.165) is 12.2 Å². The fourth-order valence-electron chi connectivity index (χ4n) is 3.07. The Balaban J connectivity index is 2.14. The van der Waals surface area contributed by atoms with Crippen LogP contribution in [-0.2, 0) is 5.41 Å². The molecule has 0 aliphatic rings. The Morgan fingerprint density at radius 3 is 2.27 bits per heavy atom. The molecule has 0 N–H and O–H groups in total. The molecule has 112 valence electrons. The predicted molar refractivity (Wildman–Crippen MR) is 93.7 cm³/mol. The zero-order valence-electron chi connectivity index (χ0n) is 13.5. The summed E-state index contributed by atoms with van der Waals surface area (Å²) in [5.41, 5.74) is 2.63. The van der Waals surface area contributed by atoms with E-state index in [1.807, 2.05) is 6.07 Å². The zero-order valence-corrected chi connectivity index (χ0v) is 13.5. The number of methoxy groups -OCH3 is 1. The summed E-state index contributed by atoms with van der Waals surface area (Å²) in [6, 6.07) is 23.7. The average Bonchev–Trinajstić information content (AvgIpc) is 2.60. The SMILES string of the molecule is CC[C@](C)(c1cccc(OC)c1)c1ccc2ccccc2c1. The summed E-state index contributed by atoms with van der Waals surface area (Å²) in [6.45, 7) is 4.56. The van der Waals surface area contributed by atoms with Gasteiger partial charge >= 0.3 is 0 Å². The lowest BCUT2D eigenvalue weighted by molar-refractivity contribution is 0.412. The molecule has 0 spiro atoms. The molecule has 3 aromatic carbocycles. The van der Waals surface area contributed by atoms with Gasteiger partial charge in [0.15, 0.2) is 0 Å². The summed E-state index contributed by atoms with van der Waals surface area (Å²) in [7, 11) is 1.72. The highest BCUT2D eigenvalue weighted by molar-refractivity contribution is 5.83. The largest absolute Gasteiger partial charge is 0.497 e.